The molecule has 5 atom stereocenters. The molecular weight excluding hydrogens is 453 g/mol. The van der Waals surface area contributed by atoms with Gasteiger partial charge in [-0.1, -0.05) is 18.2 Å². The molecule has 184 valence electrons. The van der Waals surface area contributed by atoms with E-state index in [1.165, 1.54) is 0 Å². The maximum absolute atomic E-state index is 13.1. The summed E-state index contributed by atoms with van der Waals surface area (Å²) in [5.74, 6) is 1.48. The number of benzene rings is 2. The van der Waals surface area contributed by atoms with Crippen LogP contribution in [0.3, 0.4) is 0 Å². The zero-order valence-electron chi connectivity index (χ0n) is 19.7. The molecule has 0 amide bonds. The maximum atomic E-state index is 13.1. The summed E-state index contributed by atoms with van der Waals surface area (Å²) in [6.07, 6.45) is 0.494. The fourth-order valence-corrected chi connectivity index (χ4v) is 6.28. The zero-order chi connectivity index (χ0) is 24.8. The topological polar surface area (TPSA) is 42.4 Å². The van der Waals surface area contributed by atoms with Gasteiger partial charge in [0.1, 0.15) is 24.4 Å². The molecule has 2 aromatic carbocycles. The van der Waals surface area contributed by atoms with Crippen molar-refractivity contribution in [1.29, 1.82) is 0 Å². The van der Waals surface area contributed by atoms with Crippen LogP contribution in [0.2, 0.25) is 0 Å². The molecule has 0 radical (unpaired) electrons. The highest BCUT2D eigenvalue weighted by molar-refractivity contribution is 5.83. The van der Waals surface area contributed by atoms with Gasteiger partial charge in [-0.3, -0.25) is 4.98 Å². The molecule has 4 nitrogen and oxygen atoms in total. The van der Waals surface area contributed by atoms with Gasteiger partial charge in [0.05, 0.1) is 31.3 Å². The number of ether oxygens (including phenoxy) is 1. The van der Waals surface area contributed by atoms with E-state index >= 15 is 0 Å². The van der Waals surface area contributed by atoms with Crippen LogP contribution in [0.15, 0.2) is 67.4 Å². The summed E-state index contributed by atoms with van der Waals surface area (Å²) in [6.45, 7) is 6.32. The lowest BCUT2D eigenvalue weighted by molar-refractivity contribution is -0.984. The molecule has 7 heteroatoms. The molecule has 35 heavy (non-hydrogen) atoms. The highest BCUT2D eigenvalue weighted by Crippen LogP contribution is 2.48. The second-order valence-electron chi connectivity index (χ2n) is 9.96. The number of hydrogen-bond acceptors (Lipinski definition) is 3. The molecule has 2 bridgehead atoms. The molecule has 0 aliphatic carbocycles. The summed E-state index contributed by atoms with van der Waals surface area (Å²) >= 11 is 0. The average molecular weight is 484 g/mol. The summed E-state index contributed by atoms with van der Waals surface area (Å²) in [4.78, 5) is 4.45. The van der Waals surface area contributed by atoms with Crippen LogP contribution in [0.5, 0.6) is 5.75 Å². The largest absolute Gasteiger partial charge is 0.497 e. The second kappa shape index (κ2) is 8.95. The molecule has 3 fully saturated rings. The van der Waals surface area contributed by atoms with E-state index in [9.17, 15) is 18.3 Å². The summed E-state index contributed by atoms with van der Waals surface area (Å²) in [5.41, 5.74) is 1.80. The first-order valence-corrected chi connectivity index (χ1v) is 12.0. The molecule has 3 aliphatic rings. The van der Waals surface area contributed by atoms with E-state index in [-0.39, 0.29) is 6.04 Å². The number of methoxy groups -OCH3 is 1. The van der Waals surface area contributed by atoms with Crippen LogP contribution in [0.1, 0.15) is 35.6 Å². The second-order valence-corrected chi connectivity index (χ2v) is 9.96. The van der Waals surface area contributed by atoms with Gasteiger partial charge in [-0.25, -0.2) is 0 Å². The van der Waals surface area contributed by atoms with Crippen LogP contribution in [-0.2, 0) is 12.7 Å². The van der Waals surface area contributed by atoms with Crippen molar-refractivity contribution in [3.8, 4) is 5.75 Å². The normalized spacial score (nSPS) is 27.1. The quantitative estimate of drug-likeness (QED) is 0.350. The Kier molecular flexibility index (Phi) is 6.09. The molecule has 6 rings (SSSR count). The van der Waals surface area contributed by atoms with Crippen LogP contribution < -0.4 is 4.74 Å². The van der Waals surface area contributed by atoms with Gasteiger partial charge >= 0.3 is 6.18 Å². The van der Waals surface area contributed by atoms with Gasteiger partial charge in [-0.15, -0.1) is 6.58 Å². The van der Waals surface area contributed by atoms with Gasteiger partial charge in [-0.2, -0.15) is 13.2 Å². The number of alkyl halides is 3. The number of hydrogen-bond donors (Lipinski definition) is 1. The van der Waals surface area contributed by atoms with E-state index in [0.717, 1.165) is 60.1 Å². The number of aliphatic hydroxyl groups is 1. The predicted molar refractivity (Wildman–Crippen MR) is 129 cm³/mol. The molecule has 0 saturated carbocycles. The third kappa shape index (κ3) is 4.32. The maximum Gasteiger partial charge on any atom is 0.416 e. The van der Waals surface area contributed by atoms with Gasteiger partial charge in [0.25, 0.3) is 0 Å². The third-order valence-corrected chi connectivity index (χ3v) is 8.12. The van der Waals surface area contributed by atoms with Crippen LogP contribution in [0.25, 0.3) is 10.9 Å². The van der Waals surface area contributed by atoms with E-state index < -0.39 is 17.8 Å². The van der Waals surface area contributed by atoms with Crippen LogP contribution in [0.4, 0.5) is 13.2 Å². The average Bonchev–Trinajstić information content (AvgIpc) is 2.87. The number of pyridine rings is 1. The third-order valence-electron chi connectivity index (χ3n) is 8.12. The number of nitrogens with zero attached hydrogens (tertiary/aromatic N) is 2. The van der Waals surface area contributed by atoms with Crippen molar-refractivity contribution in [2.24, 2.45) is 11.8 Å². The molecular formula is C28H30F3N2O2+. The van der Waals surface area contributed by atoms with Crippen LogP contribution >= 0.6 is 0 Å². The zero-order valence-corrected chi connectivity index (χ0v) is 19.7. The van der Waals surface area contributed by atoms with Gasteiger partial charge in [0.2, 0.25) is 0 Å². The number of fused-ring (bicyclic) bond motifs is 4. The molecule has 0 spiro atoms. The fourth-order valence-electron chi connectivity index (χ4n) is 6.28. The molecule has 3 aromatic rings. The van der Waals surface area contributed by atoms with E-state index in [4.69, 9.17) is 4.74 Å². The Morgan fingerprint density at radius 1 is 1.20 bits per heavy atom. The Balaban J connectivity index is 1.52. The molecule has 4 heterocycles. The standard InChI is InChI=1S/C28H30F3N2O2/c1-3-19-17-33(16-18-4-6-21(7-5-18)28(29,30)31)13-11-20(19)14-26(33)27(34)23-10-12-32-25-9-8-22(35-2)15-24(23)25/h3-10,12,15,19-20,26-27,34H,1,11,13-14,16-17H2,2H3/q+1/t19-,20?,26-,27+,33?/m1/s1. The van der Waals surface area contributed by atoms with E-state index in [0.29, 0.717) is 28.6 Å². The number of rotatable bonds is 6. The highest BCUT2D eigenvalue weighted by atomic mass is 19.4. The fraction of sp³-hybridized carbons (Fsp3) is 0.393. The number of aliphatic hydroxyl groups excluding tert-OH is 1. The van der Waals surface area contributed by atoms with Crippen molar-refractivity contribution in [1.82, 2.24) is 4.98 Å². The minimum atomic E-state index is -4.36. The van der Waals surface area contributed by atoms with Crippen molar-refractivity contribution in [3.05, 3.63) is 84.1 Å². The summed E-state index contributed by atoms with van der Waals surface area (Å²) in [7, 11) is 1.61. The lowest BCUT2D eigenvalue weighted by atomic mass is 9.71. The Morgan fingerprint density at radius 2 is 1.97 bits per heavy atom. The Labute approximate surface area is 203 Å². The van der Waals surface area contributed by atoms with Crippen molar-refractivity contribution < 1.29 is 27.5 Å². The highest BCUT2D eigenvalue weighted by Gasteiger charge is 2.54. The number of aromatic nitrogens is 1. The number of piperidine rings is 3. The van der Waals surface area contributed by atoms with E-state index in [2.05, 4.69) is 11.6 Å². The predicted octanol–water partition coefficient (Wildman–Crippen LogP) is 5.91. The Bertz CT molecular complexity index is 1230. The van der Waals surface area contributed by atoms with Crippen molar-refractivity contribution >= 4 is 10.9 Å². The lowest BCUT2D eigenvalue weighted by Crippen LogP contribution is -2.67. The van der Waals surface area contributed by atoms with E-state index in [1.807, 2.05) is 30.3 Å². The molecule has 2 unspecified atom stereocenters. The first-order chi connectivity index (χ1) is 16.7. The van der Waals surface area contributed by atoms with Gasteiger partial charge in [-0.05, 0) is 47.9 Å². The van der Waals surface area contributed by atoms with Crippen LogP contribution in [0, 0.1) is 11.8 Å². The monoisotopic (exact) mass is 483 g/mol. The number of halogens is 3. The molecule has 3 aliphatic heterocycles. The van der Waals surface area contributed by atoms with Crippen molar-refractivity contribution in [2.75, 3.05) is 20.2 Å². The molecule has 3 saturated heterocycles. The minimum Gasteiger partial charge on any atom is -0.497 e. The Hall–Kier alpha value is -2.90. The first kappa shape index (κ1) is 23.8. The molecule has 1 N–H and O–H groups in total. The van der Waals surface area contributed by atoms with E-state index in [1.54, 1.807) is 25.4 Å². The number of quaternary nitrogens is 1. The van der Waals surface area contributed by atoms with Crippen molar-refractivity contribution in [3.63, 3.8) is 0 Å². The Morgan fingerprint density at radius 3 is 2.66 bits per heavy atom. The lowest BCUT2D eigenvalue weighted by Gasteiger charge is -2.58. The minimum absolute atomic E-state index is 0.0796. The summed E-state index contributed by atoms with van der Waals surface area (Å²) < 4.78 is 45.3. The van der Waals surface area contributed by atoms with Gasteiger partial charge in [0, 0.05) is 35.9 Å². The van der Waals surface area contributed by atoms with Crippen LogP contribution in [-0.4, -0.2) is 40.8 Å². The summed E-state index contributed by atoms with van der Waals surface area (Å²) in [6, 6.07) is 12.9. The van der Waals surface area contributed by atoms with Gasteiger partial charge in [0.15, 0.2) is 0 Å². The molecule has 1 aromatic heterocycles. The van der Waals surface area contributed by atoms with Crippen molar-refractivity contribution in [2.45, 2.75) is 37.7 Å². The first-order valence-electron chi connectivity index (χ1n) is 12.0. The SMILES string of the molecule is C=C[C@@H]1C[N+]2(Cc3ccc(C(F)(F)F)cc3)CCC1C[C@@H]2[C@@H](O)c1ccnc2ccc(OC)cc12. The smallest absolute Gasteiger partial charge is 0.416 e. The van der Waals surface area contributed by atoms with Gasteiger partial charge < -0.3 is 14.3 Å². The summed E-state index contributed by atoms with van der Waals surface area (Å²) in [5, 5.41) is 12.7.